The van der Waals surface area contributed by atoms with Crippen molar-refractivity contribution in [2.45, 2.75) is 51.7 Å². The van der Waals surface area contributed by atoms with E-state index < -0.39 is 5.60 Å². The minimum atomic E-state index is -0.605. The van der Waals surface area contributed by atoms with Crippen LogP contribution >= 0.6 is 0 Å². The van der Waals surface area contributed by atoms with Crippen molar-refractivity contribution in [1.82, 2.24) is 5.32 Å². The zero-order valence-corrected chi connectivity index (χ0v) is 10.3. The Morgan fingerprint density at radius 2 is 2.33 bits per heavy atom. The summed E-state index contributed by atoms with van der Waals surface area (Å²) in [6.07, 6.45) is 3.30. The molecule has 3 heteroatoms. The maximum atomic E-state index is 10.2. The lowest BCUT2D eigenvalue weighted by Crippen LogP contribution is -2.48. The average molecular weight is 215 g/mol. The quantitative estimate of drug-likeness (QED) is 0.731. The van der Waals surface area contributed by atoms with Gasteiger partial charge in [0.05, 0.1) is 12.2 Å². The van der Waals surface area contributed by atoms with E-state index in [1.54, 1.807) is 0 Å². The number of nitrogens with one attached hydrogen (secondary N) is 1. The summed E-state index contributed by atoms with van der Waals surface area (Å²) in [5.41, 5.74) is -0.605. The van der Waals surface area contributed by atoms with E-state index in [4.69, 9.17) is 4.74 Å². The van der Waals surface area contributed by atoms with E-state index in [9.17, 15) is 5.11 Å². The van der Waals surface area contributed by atoms with Crippen molar-refractivity contribution in [2.75, 3.05) is 19.8 Å². The highest BCUT2D eigenvalue weighted by Crippen LogP contribution is 2.19. The molecule has 3 nitrogen and oxygen atoms in total. The summed E-state index contributed by atoms with van der Waals surface area (Å²) in [5.74, 6) is 0.328. The first-order valence-corrected chi connectivity index (χ1v) is 6.09. The van der Waals surface area contributed by atoms with Crippen LogP contribution in [0.2, 0.25) is 0 Å². The maximum absolute atomic E-state index is 10.2. The fraction of sp³-hybridized carbons (Fsp3) is 1.00. The van der Waals surface area contributed by atoms with E-state index in [1.807, 2.05) is 6.92 Å². The highest BCUT2D eigenvalue weighted by molar-refractivity contribution is 4.83. The molecule has 0 aliphatic carbocycles. The van der Waals surface area contributed by atoms with E-state index in [2.05, 4.69) is 19.2 Å². The van der Waals surface area contributed by atoms with Gasteiger partial charge in [-0.25, -0.2) is 0 Å². The molecule has 0 radical (unpaired) electrons. The molecule has 0 spiro atoms. The van der Waals surface area contributed by atoms with Gasteiger partial charge in [-0.05, 0) is 25.7 Å². The van der Waals surface area contributed by atoms with Gasteiger partial charge in [-0.3, -0.25) is 0 Å². The normalized spacial score (nSPS) is 28.4. The molecule has 0 aromatic rings. The summed E-state index contributed by atoms with van der Waals surface area (Å²) < 4.78 is 5.39. The number of aliphatic hydroxyl groups is 1. The maximum Gasteiger partial charge on any atom is 0.0768 e. The summed E-state index contributed by atoms with van der Waals surface area (Å²) >= 11 is 0. The van der Waals surface area contributed by atoms with Crippen LogP contribution in [0, 0.1) is 5.92 Å². The number of hydrogen-bond acceptors (Lipinski definition) is 3. The van der Waals surface area contributed by atoms with Crippen molar-refractivity contribution in [2.24, 2.45) is 5.92 Å². The smallest absolute Gasteiger partial charge is 0.0768 e. The zero-order chi connectivity index (χ0) is 11.3. The van der Waals surface area contributed by atoms with E-state index in [0.29, 0.717) is 18.5 Å². The van der Waals surface area contributed by atoms with Crippen LogP contribution in [0.3, 0.4) is 0 Å². The van der Waals surface area contributed by atoms with Crippen LogP contribution < -0.4 is 5.32 Å². The summed E-state index contributed by atoms with van der Waals surface area (Å²) in [5, 5.41) is 13.6. The third-order valence-corrected chi connectivity index (χ3v) is 3.58. The third kappa shape index (κ3) is 4.09. The molecule has 1 aliphatic heterocycles. The highest BCUT2D eigenvalue weighted by atomic mass is 16.5. The number of hydrogen-bond donors (Lipinski definition) is 2. The minimum absolute atomic E-state index is 0.328. The predicted molar refractivity (Wildman–Crippen MR) is 61.9 cm³/mol. The van der Waals surface area contributed by atoms with Crippen molar-refractivity contribution < 1.29 is 9.84 Å². The molecule has 1 fully saturated rings. The van der Waals surface area contributed by atoms with E-state index in [1.165, 1.54) is 0 Å². The summed E-state index contributed by atoms with van der Waals surface area (Å²) in [4.78, 5) is 0. The second-order valence-corrected chi connectivity index (χ2v) is 4.96. The highest BCUT2D eigenvalue weighted by Gasteiger charge is 2.27. The Balaban J connectivity index is 2.27. The Bertz CT molecular complexity index is 176. The standard InChI is InChI=1S/C12H25NO2/c1-4-10(2)12(3,14)9-13-11-6-5-7-15-8-11/h10-11,13-14H,4-9H2,1-3H3. The molecule has 1 aliphatic rings. The topological polar surface area (TPSA) is 41.5 Å². The minimum Gasteiger partial charge on any atom is -0.389 e. The van der Waals surface area contributed by atoms with Crippen LogP contribution in [0.25, 0.3) is 0 Å². The molecule has 0 amide bonds. The van der Waals surface area contributed by atoms with Crippen LogP contribution in [0.1, 0.15) is 40.0 Å². The Hall–Kier alpha value is -0.120. The van der Waals surface area contributed by atoms with Crippen LogP contribution in [0.5, 0.6) is 0 Å². The van der Waals surface area contributed by atoms with E-state index in [-0.39, 0.29) is 0 Å². The number of ether oxygens (including phenoxy) is 1. The summed E-state index contributed by atoms with van der Waals surface area (Å²) in [7, 11) is 0. The van der Waals surface area contributed by atoms with Crippen LogP contribution in [0.4, 0.5) is 0 Å². The fourth-order valence-electron chi connectivity index (χ4n) is 1.87. The molecule has 0 saturated carbocycles. The van der Waals surface area contributed by atoms with Crippen LogP contribution in [0.15, 0.2) is 0 Å². The predicted octanol–water partition coefficient (Wildman–Crippen LogP) is 1.55. The lowest BCUT2D eigenvalue weighted by Gasteiger charge is -2.33. The van der Waals surface area contributed by atoms with E-state index in [0.717, 1.165) is 32.5 Å². The Morgan fingerprint density at radius 3 is 2.87 bits per heavy atom. The molecule has 1 saturated heterocycles. The van der Waals surface area contributed by atoms with Gasteiger partial charge in [0.15, 0.2) is 0 Å². The molecule has 0 bridgehead atoms. The lowest BCUT2D eigenvalue weighted by atomic mass is 9.88. The van der Waals surface area contributed by atoms with Gasteiger partial charge >= 0.3 is 0 Å². The van der Waals surface area contributed by atoms with Crippen molar-refractivity contribution >= 4 is 0 Å². The first-order chi connectivity index (χ1) is 7.06. The SMILES string of the molecule is CCC(C)C(C)(O)CNC1CCCOC1. The Kier molecular flexibility index (Phi) is 5.03. The molecular weight excluding hydrogens is 190 g/mol. The Labute approximate surface area is 93.2 Å². The zero-order valence-electron chi connectivity index (χ0n) is 10.3. The molecule has 0 aromatic carbocycles. The van der Waals surface area contributed by atoms with Crippen molar-refractivity contribution in [3.8, 4) is 0 Å². The largest absolute Gasteiger partial charge is 0.389 e. The van der Waals surface area contributed by atoms with Crippen molar-refractivity contribution in [3.05, 3.63) is 0 Å². The van der Waals surface area contributed by atoms with Gasteiger partial charge in [-0.15, -0.1) is 0 Å². The molecule has 15 heavy (non-hydrogen) atoms. The van der Waals surface area contributed by atoms with Gasteiger partial charge in [0.2, 0.25) is 0 Å². The molecule has 1 rings (SSSR count). The molecular formula is C12H25NO2. The van der Waals surface area contributed by atoms with E-state index >= 15 is 0 Å². The summed E-state index contributed by atoms with van der Waals surface area (Å²) in [6.45, 7) is 8.46. The first-order valence-electron chi connectivity index (χ1n) is 6.09. The van der Waals surface area contributed by atoms with Gasteiger partial charge in [-0.1, -0.05) is 20.3 Å². The van der Waals surface area contributed by atoms with Gasteiger partial charge in [-0.2, -0.15) is 0 Å². The van der Waals surface area contributed by atoms with Gasteiger partial charge in [0.25, 0.3) is 0 Å². The molecule has 3 atom stereocenters. The van der Waals surface area contributed by atoms with Gasteiger partial charge in [0.1, 0.15) is 0 Å². The third-order valence-electron chi connectivity index (χ3n) is 3.58. The molecule has 1 heterocycles. The lowest BCUT2D eigenvalue weighted by molar-refractivity contribution is -0.00493. The van der Waals surface area contributed by atoms with Crippen LogP contribution in [-0.2, 0) is 4.74 Å². The molecule has 0 aromatic heterocycles. The van der Waals surface area contributed by atoms with Crippen LogP contribution in [-0.4, -0.2) is 36.5 Å². The van der Waals surface area contributed by atoms with Gasteiger partial charge < -0.3 is 15.2 Å². The molecule has 90 valence electrons. The molecule has 2 N–H and O–H groups in total. The Morgan fingerprint density at radius 1 is 1.60 bits per heavy atom. The summed E-state index contributed by atoms with van der Waals surface area (Å²) in [6, 6.07) is 0.425. The monoisotopic (exact) mass is 215 g/mol. The van der Waals surface area contributed by atoms with Crippen molar-refractivity contribution in [3.63, 3.8) is 0 Å². The fourth-order valence-corrected chi connectivity index (χ4v) is 1.87. The molecule has 3 unspecified atom stereocenters. The average Bonchev–Trinajstić information content (AvgIpc) is 2.27. The van der Waals surface area contributed by atoms with Crippen molar-refractivity contribution in [1.29, 1.82) is 0 Å². The first kappa shape index (κ1) is 12.9. The second kappa shape index (κ2) is 5.83. The van der Waals surface area contributed by atoms with Gasteiger partial charge in [0, 0.05) is 19.2 Å². The second-order valence-electron chi connectivity index (χ2n) is 4.96. The number of rotatable bonds is 5.